The Morgan fingerprint density at radius 3 is 2.80 bits per heavy atom. The molecule has 1 atom stereocenters. The van der Waals surface area contributed by atoms with Crippen LogP contribution in [0.1, 0.15) is 17.3 Å². The number of nitrogens with one attached hydrogen (secondary N) is 1. The molecule has 20 heavy (non-hydrogen) atoms. The van der Waals surface area contributed by atoms with Gasteiger partial charge in [0.15, 0.2) is 0 Å². The number of aromatic nitrogens is 1. The average Bonchev–Trinajstić information content (AvgIpc) is 2.47. The van der Waals surface area contributed by atoms with E-state index in [1.165, 1.54) is 0 Å². The van der Waals surface area contributed by atoms with Crippen LogP contribution in [0.15, 0.2) is 22.9 Å². The minimum Gasteiger partial charge on any atom is -0.378 e. The molecule has 1 N–H and O–H groups in total. The van der Waals surface area contributed by atoms with Crippen LogP contribution in [0.5, 0.6) is 0 Å². The third-order valence-corrected chi connectivity index (χ3v) is 3.68. The van der Waals surface area contributed by atoms with Gasteiger partial charge in [-0.2, -0.15) is 0 Å². The number of nitrogens with zero attached hydrogens (tertiary/aromatic N) is 2. The summed E-state index contributed by atoms with van der Waals surface area (Å²) in [6.45, 7) is 3.90. The van der Waals surface area contributed by atoms with E-state index in [1.54, 1.807) is 30.2 Å². The van der Waals surface area contributed by atoms with Crippen LogP contribution in [0.4, 0.5) is 0 Å². The van der Waals surface area contributed by atoms with Crippen LogP contribution in [0, 0.1) is 0 Å². The van der Waals surface area contributed by atoms with Crippen molar-refractivity contribution in [1.29, 1.82) is 0 Å². The number of halogens is 1. The molecular formula is C13H16BrN3O3. The molecule has 108 valence electrons. The molecule has 0 saturated carbocycles. The first kappa shape index (κ1) is 14.9. The van der Waals surface area contributed by atoms with Gasteiger partial charge in [0.1, 0.15) is 10.6 Å². The zero-order valence-electron chi connectivity index (χ0n) is 11.1. The van der Waals surface area contributed by atoms with E-state index in [0.717, 1.165) is 0 Å². The molecule has 0 radical (unpaired) electrons. The molecule has 2 amide bonds. The lowest BCUT2D eigenvalue weighted by Crippen LogP contribution is -2.50. The number of amides is 2. The van der Waals surface area contributed by atoms with Gasteiger partial charge in [0.05, 0.1) is 18.8 Å². The van der Waals surface area contributed by atoms with Gasteiger partial charge in [0, 0.05) is 19.3 Å². The van der Waals surface area contributed by atoms with Crippen LogP contribution in [0.3, 0.4) is 0 Å². The van der Waals surface area contributed by atoms with Crippen LogP contribution < -0.4 is 5.32 Å². The number of carbonyl (C=O) groups is 2. The quantitative estimate of drug-likeness (QED) is 0.826. The minimum atomic E-state index is -0.576. The van der Waals surface area contributed by atoms with E-state index < -0.39 is 6.04 Å². The Kier molecular flexibility index (Phi) is 5.08. The molecule has 1 aromatic rings. The van der Waals surface area contributed by atoms with Crippen LogP contribution in [-0.4, -0.2) is 54.0 Å². The third kappa shape index (κ3) is 3.55. The lowest BCUT2D eigenvalue weighted by Gasteiger charge is -2.29. The van der Waals surface area contributed by atoms with Gasteiger partial charge in [-0.25, -0.2) is 4.98 Å². The Labute approximate surface area is 125 Å². The summed E-state index contributed by atoms with van der Waals surface area (Å²) in [5.74, 6) is -0.416. The molecule has 0 spiro atoms. The Hall–Kier alpha value is -1.47. The number of hydrogen-bond acceptors (Lipinski definition) is 4. The number of hydrogen-bond donors (Lipinski definition) is 1. The monoisotopic (exact) mass is 341 g/mol. The molecule has 1 aliphatic heterocycles. The van der Waals surface area contributed by atoms with Crippen molar-refractivity contribution in [3.05, 3.63) is 28.5 Å². The van der Waals surface area contributed by atoms with Crippen molar-refractivity contribution in [2.75, 3.05) is 26.3 Å². The van der Waals surface area contributed by atoms with E-state index in [-0.39, 0.29) is 11.8 Å². The molecule has 2 heterocycles. The Balaban J connectivity index is 1.97. The molecule has 0 aromatic carbocycles. The van der Waals surface area contributed by atoms with Crippen LogP contribution in [-0.2, 0) is 9.53 Å². The van der Waals surface area contributed by atoms with Crippen molar-refractivity contribution < 1.29 is 14.3 Å². The molecule has 2 rings (SSSR count). The van der Waals surface area contributed by atoms with Crippen molar-refractivity contribution in [1.82, 2.24) is 15.2 Å². The molecule has 7 heteroatoms. The summed E-state index contributed by atoms with van der Waals surface area (Å²) in [5.41, 5.74) is 0.411. The van der Waals surface area contributed by atoms with Gasteiger partial charge < -0.3 is 15.0 Å². The van der Waals surface area contributed by atoms with Gasteiger partial charge in [0.2, 0.25) is 5.91 Å². The standard InChI is InChI=1S/C13H16BrN3O3/c1-9(13(19)17-5-7-20-8-6-17)16-12(18)10-3-2-4-15-11(10)14/h2-4,9H,5-8H2,1H3,(H,16,18). The van der Waals surface area contributed by atoms with E-state index in [1.807, 2.05) is 0 Å². The third-order valence-electron chi connectivity index (χ3n) is 3.04. The first-order chi connectivity index (χ1) is 9.59. The summed E-state index contributed by atoms with van der Waals surface area (Å²) in [7, 11) is 0. The largest absolute Gasteiger partial charge is 0.378 e. The maximum atomic E-state index is 12.2. The summed E-state index contributed by atoms with van der Waals surface area (Å²) < 4.78 is 5.66. The Morgan fingerprint density at radius 1 is 1.45 bits per heavy atom. The SMILES string of the molecule is CC(NC(=O)c1cccnc1Br)C(=O)N1CCOCC1. The Morgan fingerprint density at radius 2 is 2.15 bits per heavy atom. The van der Waals surface area contributed by atoms with Gasteiger partial charge in [-0.15, -0.1) is 0 Å². The normalized spacial score (nSPS) is 16.6. The molecular weight excluding hydrogens is 326 g/mol. The highest BCUT2D eigenvalue weighted by molar-refractivity contribution is 9.10. The van der Waals surface area contributed by atoms with Crippen molar-refractivity contribution in [3.8, 4) is 0 Å². The van der Waals surface area contributed by atoms with E-state index in [9.17, 15) is 9.59 Å². The van der Waals surface area contributed by atoms with E-state index in [0.29, 0.717) is 36.5 Å². The number of morpholine rings is 1. The molecule has 1 unspecified atom stereocenters. The zero-order chi connectivity index (χ0) is 14.5. The fourth-order valence-corrected chi connectivity index (χ4v) is 2.38. The van der Waals surface area contributed by atoms with Gasteiger partial charge in [0.25, 0.3) is 5.91 Å². The van der Waals surface area contributed by atoms with Crippen LogP contribution in [0.2, 0.25) is 0 Å². The van der Waals surface area contributed by atoms with E-state index in [4.69, 9.17) is 4.74 Å². The molecule has 6 nitrogen and oxygen atoms in total. The van der Waals surface area contributed by atoms with Gasteiger partial charge in [-0.1, -0.05) is 0 Å². The van der Waals surface area contributed by atoms with Crippen LogP contribution >= 0.6 is 15.9 Å². The first-order valence-corrected chi connectivity index (χ1v) is 7.17. The van der Waals surface area contributed by atoms with Gasteiger partial charge in [-0.05, 0) is 35.0 Å². The molecule has 0 bridgehead atoms. The average molecular weight is 342 g/mol. The summed E-state index contributed by atoms with van der Waals surface area (Å²) in [5, 5.41) is 2.69. The summed E-state index contributed by atoms with van der Waals surface area (Å²) in [6.07, 6.45) is 1.59. The van der Waals surface area contributed by atoms with Crippen molar-refractivity contribution >= 4 is 27.7 Å². The highest BCUT2D eigenvalue weighted by Crippen LogP contribution is 2.12. The fraction of sp³-hybridized carbons (Fsp3) is 0.462. The topological polar surface area (TPSA) is 71.5 Å². The summed E-state index contributed by atoms with van der Waals surface area (Å²) in [6, 6.07) is 2.75. The smallest absolute Gasteiger partial charge is 0.254 e. The zero-order valence-corrected chi connectivity index (χ0v) is 12.7. The fourth-order valence-electron chi connectivity index (χ4n) is 1.95. The van der Waals surface area contributed by atoms with Crippen LogP contribution in [0.25, 0.3) is 0 Å². The second-order valence-corrected chi connectivity index (χ2v) is 5.23. The maximum Gasteiger partial charge on any atom is 0.254 e. The molecule has 1 aliphatic rings. The highest BCUT2D eigenvalue weighted by Gasteiger charge is 2.24. The number of rotatable bonds is 3. The number of ether oxygens (including phenoxy) is 1. The second-order valence-electron chi connectivity index (χ2n) is 4.47. The molecule has 1 saturated heterocycles. The van der Waals surface area contributed by atoms with Gasteiger partial charge >= 0.3 is 0 Å². The molecule has 1 fully saturated rings. The van der Waals surface area contributed by atoms with Crippen molar-refractivity contribution in [2.45, 2.75) is 13.0 Å². The van der Waals surface area contributed by atoms with Crippen molar-refractivity contribution in [3.63, 3.8) is 0 Å². The van der Waals surface area contributed by atoms with E-state index in [2.05, 4.69) is 26.2 Å². The lowest BCUT2D eigenvalue weighted by molar-refractivity contribution is -0.136. The predicted octanol–water partition coefficient (Wildman–Crippen LogP) is 0.821. The lowest BCUT2D eigenvalue weighted by atomic mass is 10.2. The second kappa shape index (κ2) is 6.81. The van der Waals surface area contributed by atoms with E-state index >= 15 is 0 Å². The number of pyridine rings is 1. The number of carbonyl (C=O) groups excluding carboxylic acids is 2. The maximum absolute atomic E-state index is 12.2. The molecule has 0 aliphatic carbocycles. The molecule has 1 aromatic heterocycles. The van der Waals surface area contributed by atoms with Gasteiger partial charge in [-0.3, -0.25) is 9.59 Å². The first-order valence-electron chi connectivity index (χ1n) is 6.37. The Bertz CT molecular complexity index is 503. The highest BCUT2D eigenvalue weighted by atomic mass is 79.9. The summed E-state index contributed by atoms with van der Waals surface area (Å²) >= 11 is 3.22. The van der Waals surface area contributed by atoms with Crippen molar-refractivity contribution in [2.24, 2.45) is 0 Å². The predicted molar refractivity (Wildman–Crippen MR) is 76.3 cm³/mol. The summed E-state index contributed by atoms with van der Waals surface area (Å²) in [4.78, 5) is 30.0. The minimum absolute atomic E-state index is 0.0957.